The van der Waals surface area contributed by atoms with Crippen molar-refractivity contribution in [2.75, 3.05) is 6.54 Å². The summed E-state index contributed by atoms with van der Waals surface area (Å²) in [6, 6.07) is 0.739. The molecule has 2 aliphatic rings. The highest BCUT2D eigenvalue weighted by Gasteiger charge is 2.29. The van der Waals surface area contributed by atoms with E-state index >= 15 is 0 Å². The molecule has 0 radical (unpaired) electrons. The summed E-state index contributed by atoms with van der Waals surface area (Å²) < 4.78 is 2.23. The van der Waals surface area contributed by atoms with E-state index in [-0.39, 0.29) is 12.1 Å². The first-order valence-corrected chi connectivity index (χ1v) is 6.65. The van der Waals surface area contributed by atoms with Crippen LogP contribution in [0.4, 0.5) is 0 Å². The molecular formula is C12H20N4O. The van der Waals surface area contributed by atoms with Gasteiger partial charge in [0.15, 0.2) is 0 Å². The van der Waals surface area contributed by atoms with Gasteiger partial charge in [0, 0.05) is 12.6 Å². The molecule has 5 nitrogen and oxygen atoms in total. The van der Waals surface area contributed by atoms with E-state index < -0.39 is 0 Å². The van der Waals surface area contributed by atoms with Crippen LogP contribution in [0.1, 0.15) is 56.4 Å². The third kappa shape index (κ3) is 2.21. The summed E-state index contributed by atoms with van der Waals surface area (Å²) >= 11 is 0. The van der Waals surface area contributed by atoms with Crippen LogP contribution in [0.3, 0.4) is 0 Å². The summed E-state index contributed by atoms with van der Waals surface area (Å²) in [5.74, 6) is 1.01. The lowest BCUT2D eigenvalue weighted by atomic mass is 9.95. The maximum atomic E-state index is 9.58. The van der Waals surface area contributed by atoms with Crippen LogP contribution in [-0.2, 0) is 0 Å². The van der Waals surface area contributed by atoms with Gasteiger partial charge >= 0.3 is 0 Å². The average Bonchev–Trinajstić information content (AvgIpc) is 2.98. The molecule has 2 heterocycles. The lowest BCUT2D eigenvalue weighted by molar-refractivity contribution is 0.192. The number of aromatic nitrogens is 3. The number of rotatable bonds is 2. The molecular weight excluding hydrogens is 216 g/mol. The first kappa shape index (κ1) is 11.2. The Kier molecular flexibility index (Phi) is 3.11. The van der Waals surface area contributed by atoms with Gasteiger partial charge in [-0.05, 0) is 19.3 Å². The number of aliphatic hydroxyl groups is 1. The van der Waals surface area contributed by atoms with Crippen molar-refractivity contribution in [1.29, 1.82) is 0 Å². The number of nitrogens with zero attached hydrogens (tertiary/aromatic N) is 3. The van der Waals surface area contributed by atoms with Gasteiger partial charge in [0.2, 0.25) is 0 Å². The molecule has 1 aliphatic carbocycles. The van der Waals surface area contributed by atoms with E-state index in [1.54, 1.807) is 0 Å². The number of aliphatic hydroxyl groups excluding tert-OH is 1. The maximum absolute atomic E-state index is 9.58. The third-order valence-corrected chi connectivity index (χ3v) is 3.99. The minimum atomic E-state index is -0.239. The van der Waals surface area contributed by atoms with E-state index in [1.165, 1.54) is 32.1 Å². The molecule has 2 atom stereocenters. The van der Waals surface area contributed by atoms with Gasteiger partial charge < -0.3 is 15.0 Å². The predicted molar refractivity (Wildman–Crippen MR) is 63.5 cm³/mol. The van der Waals surface area contributed by atoms with E-state index in [4.69, 9.17) is 0 Å². The number of nitrogens with one attached hydrogen (secondary N) is 1. The van der Waals surface area contributed by atoms with Gasteiger partial charge in [0.05, 0.1) is 12.1 Å². The molecule has 17 heavy (non-hydrogen) atoms. The quantitative estimate of drug-likeness (QED) is 0.809. The maximum Gasteiger partial charge on any atom is 0.150 e. The number of hydrogen-bond acceptors (Lipinski definition) is 4. The predicted octanol–water partition coefficient (Wildman–Crippen LogP) is 1.18. The molecule has 94 valence electrons. The van der Waals surface area contributed by atoms with E-state index in [2.05, 4.69) is 20.1 Å². The van der Waals surface area contributed by atoms with Crippen LogP contribution in [-0.4, -0.2) is 32.5 Å². The van der Waals surface area contributed by atoms with E-state index in [0.717, 1.165) is 12.2 Å². The Bertz CT molecular complexity index is 353. The zero-order valence-electron chi connectivity index (χ0n) is 10.0. The monoisotopic (exact) mass is 236 g/mol. The standard InChI is InChI=1S/C12H20N4O/c17-10-6-11(13-7-10)12-15-14-8-16(12)9-4-2-1-3-5-9/h8-11,13,17H,1-7H2/t10?,11-/m0/s1. The van der Waals surface area contributed by atoms with Crippen molar-refractivity contribution in [2.45, 2.75) is 56.7 Å². The highest BCUT2D eigenvalue weighted by atomic mass is 16.3. The first-order valence-electron chi connectivity index (χ1n) is 6.65. The Labute approximate surface area is 101 Å². The van der Waals surface area contributed by atoms with Crippen LogP contribution in [0, 0.1) is 0 Å². The van der Waals surface area contributed by atoms with E-state index in [9.17, 15) is 5.11 Å². The fourth-order valence-corrected chi connectivity index (χ4v) is 3.06. The first-order chi connectivity index (χ1) is 8.34. The molecule has 2 N–H and O–H groups in total. The summed E-state index contributed by atoms with van der Waals surface area (Å²) in [7, 11) is 0. The third-order valence-electron chi connectivity index (χ3n) is 3.99. The Hall–Kier alpha value is -0.940. The number of β-amino-alcohol motifs (C(OH)–C–C–N with tert-alkyl or cyclic N) is 1. The molecule has 0 bridgehead atoms. The minimum Gasteiger partial charge on any atom is -0.392 e. The molecule has 3 rings (SSSR count). The normalized spacial score (nSPS) is 30.9. The van der Waals surface area contributed by atoms with Crippen molar-refractivity contribution >= 4 is 0 Å². The molecule has 1 aromatic heterocycles. The Morgan fingerprint density at radius 1 is 1.29 bits per heavy atom. The molecule has 0 aromatic carbocycles. The van der Waals surface area contributed by atoms with Crippen molar-refractivity contribution < 1.29 is 5.11 Å². The molecule has 0 spiro atoms. The lowest BCUT2D eigenvalue weighted by Crippen LogP contribution is -2.21. The van der Waals surface area contributed by atoms with Gasteiger partial charge in [-0.3, -0.25) is 0 Å². The number of hydrogen-bond donors (Lipinski definition) is 2. The van der Waals surface area contributed by atoms with Crippen LogP contribution >= 0.6 is 0 Å². The summed E-state index contributed by atoms with van der Waals surface area (Å²) in [6.45, 7) is 0.669. The summed E-state index contributed by atoms with van der Waals surface area (Å²) in [5.41, 5.74) is 0. The molecule has 1 aliphatic heterocycles. The molecule has 1 saturated heterocycles. The fraction of sp³-hybridized carbons (Fsp3) is 0.833. The van der Waals surface area contributed by atoms with Crippen molar-refractivity contribution in [3.05, 3.63) is 12.2 Å². The Morgan fingerprint density at radius 2 is 2.12 bits per heavy atom. The van der Waals surface area contributed by atoms with Crippen molar-refractivity contribution in [3.8, 4) is 0 Å². The largest absolute Gasteiger partial charge is 0.392 e. The molecule has 1 saturated carbocycles. The highest BCUT2D eigenvalue weighted by Crippen LogP contribution is 2.31. The molecule has 5 heteroatoms. The lowest BCUT2D eigenvalue weighted by Gasteiger charge is -2.25. The zero-order valence-corrected chi connectivity index (χ0v) is 10.0. The summed E-state index contributed by atoms with van der Waals surface area (Å²) in [5, 5.41) is 21.2. The van der Waals surface area contributed by atoms with Gasteiger partial charge in [0.1, 0.15) is 12.2 Å². The Morgan fingerprint density at radius 3 is 2.82 bits per heavy atom. The second-order valence-electron chi connectivity index (χ2n) is 5.24. The van der Waals surface area contributed by atoms with Crippen LogP contribution in [0.25, 0.3) is 0 Å². The SMILES string of the molecule is OC1CN[C@H](c2nncn2C2CCCCC2)C1. The molecule has 0 amide bonds. The fourth-order valence-electron chi connectivity index (χ4n) is 3.06. The minimum absolute atomic E-state index is 0.175. The van der Waals surface area contributed by atoms with E-state index in [0.29, 0.717) is 12.6 Å². The summed E-state index contributed by atoms with van der Waals surface area (Å²) in [4.78, 5) is 0. The van der Waals surface area contributed by atoms with Gasteiger partial charge in [-0.15, -0.1) is 10.2 Å². The zero-order chi connectivity index (χ0) is 11.7. The van der Waals surface area contributed by atoms with Crippen molar-refractivity contribution in [1.82, 2.24) is 20.1 Å². The topological polar surface area (TPSA) is 63.0 Å². The average molecular weight is 236 g/mol. The molecule has 1 unspecified atom stereocenters. The Balaban J connectivity index is 1.78. The highest BCUT2D eigenvalue weighted by molar-refractivity contribution is 5.01. The van der Waals surface area contributed by atoms with Crippen LogP contribution in [0.5, 0.6) is 0 Å². The van der Waals surface area contributed by atoms with Crippen molar-refractivity contribution in [2.24, 2.45) is 0 Å². The molecule has 1 aromatic rings. The smallest absolute Gasteiger partial charge is 0.150 e. The van der Waals surface area contributed by atoms with Gasteiger partial charge in [-0.25, -0.2) is 0 Å². The molecule has 2 fully saturated rings. The summed E-state index contributed by atoms with van der Waals surface area (Å²) in [6.07, 6.45) is 8.82. The second-order valence-corrected chi connectivity index (χ2v) is 5.24. The van der Waals surface area contributed by atoms with Crippen LogP contribution in [0.15, 0.2) is 6.33 Å². The van der Waals surface area contributed by atoms with Crippen LogP contribution in [0.2, 0.25) is 0 Å². The van der Waals surface area contributed by atoms with Crippen molar-refractivity contribution in [3.63, 3.8) is 0 Å². The van der Waals surface area contributed by atoms with Gasteiger partial charge in [-0.1, -0.05) is 19.3 Å². The van der Waals surface area contributed by atoms with Gasteiger partial charge in [-0.2, -0.15) is 0 Å². The van der Waals surface area contributed by atoms with Gasteiger partial charge in [0.25, 0.3) is 0 Å². The second kappa shape index (κ2) is 4.74. The van der Waals surface area contributed by atoms with E-state index in [1.807, 2.05) is 6.33 Å². The van der Waals surface area contributed by atoms with Crippen LogP contribution < -0.4 is 5.32 Å².